The van der Waals surface area contributed by atoms with Crippen LogP contribution in [0.2, 0.25) is 5.02 Å². The molecule has 7 nitrogen and oxygen atoms in total. The predicted octanol–water partition coefficient (Wildman–Crippen LogP) is 2.98. The van der Waals surface area contributed by atoms with Gasteiger partial charge in [-0.2, -0.15) is 0 Å². The zero-order chi connectivity index (χ0) is 22.6. The number of thioether (sulfide) groups is 1. The summed E-state index contributed by atoms with van der Waals surface area (Å²) in [5.41, 5.74) is 1.32. The number of nitrogens with one attached hydrogen (secondary N) is 3. The molecule has 166 valence electrons. The van der Waals surface area contributed by atoms with Crippen molar-refractivity contribution < 1.29 is 18.0 Å². The molecule has 0 bridgehead atoms. The summed E-state index contributed by atoms with van der Waals surface area (Å²) in [6, 6.07) is 13.5. The van der Waals surface area contributed by atoms with Crippen LogP contribution < -0.4 is 16.0 Å². The molecule has 2 aromatic rings. The van der Waals surface area contributed by atoms with E-state index in [4.69, 9.17) is 11.6 Å². The third kappa shape index (κ3) is 6.00. The Morgan fingerprint density at radius 2 is 1.94 bits per heavy atom. The molecule has 0 radical (unpaired) electrons. The van der Waals surface area contributed by atoms with Crippen molar-refractivity contribution in [3.63, 3.8) is 0 Å². The number of benzene rings is 2. The second kappa shape index (κ2) is 10.0. The third-order valence-electron chi connectivity index (χ3n) is 4.80. The molecule has 1 aliphatic rings. The van der Waals surface area contributed by atoms with Crippen LogP contribution in [0.25, 0.3) is 0 Å². The second-order valence-corrected chi connectivity index (χ2v) is 11.1. The summed E-state index contributed by atoms with van der Waals surface area (Å²) in [6.07, 6.45) is 0. The standard InChI is InChI=1S/C21H24ClN3O4S2/c1-13(2)14-6-8-16(9-7-14)24-19(26)12-30-21-23-11-18(20(27)25-21)31(28,29)17-5-3-4-15(22)10-17/h3-10,13,18,21,23H,11-12H2,1-2H3,(H,24,26)(H,25,27). The molecule has 0 aliphatic carbocycles. The van der Waals surface area contributed by atoms with Crippen LogP contribution in [-0.2, 0) is 19.4 Å². The van der Waals surface area contributed by atoms with Crippen molar-refractivity contribution in [1.29, 1.82) is 0 Å². The Morgan fingerprint density at radius 1 is 1.23 bits per heavy atom. The lowest BCUT2D eigenvalue weighted by Crippen LogP contribution is -2.59. The van der Waals surface area contributed by atoms with Gasteiger partial charge in [-0.3, -0.25) is 14.9 Å². The summed E-state index contributed by atoms with van der Waals surface area (Å²) in [5, 5.41) is 7.41. The van der Waals surface area contributed by atoms with Crippen LogP contribution in [0, 0.1) is 0 Å². The lowest BCUT2D eigenvalue weighted by Gasteiger charge is -2.29. The van der Waals surface area contributed by atoms with Crippen LogP contribution in [0.4, 0.5) is 5.69 Å². The van der Waals surface area contributed by atoms with Gasteiger partial charge in [0.2, 0.25) is 11.8 Å². The van der Waals surface area contributed by atoms with Crippen molar-refractivity contribution >= 4 is 50.7 Å². The Kier molecular flexibility index (Phi) is 7.64. The number of sulfone groups is 1. The summed E-state index contributed by atoms with van der Waals surface area (Å²) < 4.78 is 25.5. The Hall–Kier alpha value is -2.07. The smallest absolute Gasteiger partial charge is 0.241 e. The van der Waals surface area contributed by atoms with Gasteiger partial charge in [-0.05, 0) is 41.8 Å². The highest BCUT2D eigenvalue weighted by atomic mass is 35.5. The number of rotatable bonds is 7. The number of hydrogen-bond donors (Lipinski definition) is 3. The van der Waals surface area contributed by atoms with E-state index in [0.717, 1.165) is 0 Å². The van der Waals surface area contributed by atoms with E-state index >= 15 is 0 Å². The summed E-state index contributed by atoms with van der Waals surface area (Å²) in [6.45, 7) is 4.14. The maximum Gasteiger partial charge on any atom is 0.241 e. The number of carbonyl (C=O) groups excluding carboxylic acids is 2. The fourth-order valence-corrected chi connectivity index (χ4v) is 5.66. The zero-order valence-corrected chi connectivity index (χ0v) is 19.5. The highest BCUT2D eigenvalue weighted by molar-refractivity contribution is 8.00. The van der Waals surface area contributed by atoms with Crippen molar-refractivity contribution in [2.24, 2.45) is 0 Å². The minimum absolute atomic E-state index is 0.00378. The van der Waals surface area contributed by atoms with Crippen molar-refractivity contribution in [2.45, 2.75) is 35.4 Å². The molecule has 2 aromatic carbocycles. The van der Waals surface area contributed by atoms with Gasteiger partial charge in [0.05, 0.1) is 10.6 Å². The van der Waals surface area contributed by atoms with E-state index in [1.165, 1.54) is 35.5 Å². The van der Waals surface area contributed by atoms with Crippen molar-refractivity contribution in [3.05, 3.63) is 59.1 Å². The lowest BCUT2D eigenvalue weighted by molar-refractivity contribution is -0.122. The third-order valence-corrected chi connectivity index (χ3v) is 8.12. The molecule has 1 fully saturated rings. The molecule has 0 spiro atoms. The largest absolute Gasteiger partial charge is 0.331 e. The molecule has 0 aromatic heterocycles. The van der Waals surface area contributed by atoms with Gasteiger partial charge in [-0.25, -0.2) is 8.42 Å². The van der Waals surface area contributed by atoms with E-state index in [-0.39, 0.29) is 28.1 Å². The summed E-state index contributed by atoms with van der Waals surface area (Å²) in [5.74, 6) is -0.323. The van der Waals surface area contributed by atoms with Gasteiger partial charge >= 0.3 is 0 Å². The molecule has 1 heterocycles. The quantitative estimate of drug-likeness (QED) is 0.561. The van der Waals surface area contributed by atoms with Crippen LogP contribution in [0.15, 0.2) is 53.4 Å². The number of carbonyl (C=O) groups is 2. The molecule has 2 unspecified atom stereocenters. The number of anilines is 1. The molecule has 3 N–H and O–H groups in total. The molecule has 31 heavy (non-hydrogen) atoms. The first-order valence-corrected chi connectivity index (χ1v) is 12.7. The van der Waals surface area contributed by atoms with Gasteiger partial charge in [-0.15, -0.1) is 11.8 Å². The van der Waals surface area contributed by atoms with E-state index in [1.54, 1.807) is 6.07 Å². The molecule has 2 amide bonds. The number of halogens is 1. The van der Waals surface area contributed by atoms with Crippen LogP contribution >= 0.6 is 23.4 Å². The van der Waals surface area contributed by atoms with Gasteiger partial charge in [0.15, 0.2) is 15.1 Å². The Bertz CT molecular complexity index is 1060. The summed E-state index contributed by atoms with van der Waals surface area (Å²) >= 11 is 7.05. The Balaban J connectivity index is 1.52. The van der Waals surface area contributed by atoms with Gasteiger partial charge < -0.3 is 10.6 Å². The molecule has 10 heteroatoms. The minimum Gasteiger partial charge on any atom is -0.331 e. The summed E-state index contributed by atoms with van der Waals surface area (Å²) in [7, 11) is -3.89. The number of amides is 2. The zero-order valence-electron chi connectivity index (χ0n) is 17.1. The normalized spacial score (nSPS) is 19.2. The van der Waals surface area contributed by atoms with Crippen LogP contribution in [0.1, 0.15) is 25.3 Å². The van der Waals surface area contributed by atoms with Crippen molar-refractivity contribution in [1.82, 2.24) is 10.6 Å². The van der Waals surface area contributed by atoms with Crippen LogP contribution in [0.5, 0.6) is 0 Å². The first-order valence-electron chi connectivity index (χ1n) is 9.71. The topological polar surface area (TPSA) is 104 Å². The molecule has 1 saturated heterocycles. The maximum absolute atomic E-state index is 12.8. The van der Waals surface area contributed by atoms with Gasteiger partial charge in [0.25, 0.3) is 0 Å². The van der Waals surface area contributed by atoms with Gasteiger partial charge in [-0.1, -0.05) is 43.6 Å². The number of hydrogen-bond acceptors (Lipinski definition) is 6. The molecular formula is C21H24ClN3O4S2. The SMILES string of the molecule is CC(C)c1ccc(NC(=O)CSC2NCC(S(=O)(=O)c3cccc(Cl)c3)C(=O)N2)cc1. The summed E-state index contributed by atoms with van der Waals surface area (Å²) in [4.78, 5) is 24.7. The van der Waals surface area contributed by atoms with Crippen molar-refractivity contribution in [3.8, 4) is 0 Å². The lowest BCUT2D eigenvalue weighted by atomic mass is 10.0. The van der Waals surface area contributed by atoms with E-state index in [2.05, 4.69) is 29.8 Å². The molecule has 1 aliphatic heterocycles. The van der Waals surface area contributed by atoms with E-state index in [9.17, 15) is 18.0 Å². The van der Waals surface area contributed by atoms with Gasteiger partial charge in [0.1, 0.15) is 5.50 Å². The monoisotopic (exact) mass is 481 g/mol. The van der Waals surface area contributed by atoms with Crippen LogP contribution in [-0.4, -0.2) is 43.3 Å². The van der Waals surface area contributed by atoms with E-state index in [1.807, 2.05) is 24.3 Å². The second-order valence-electron chi connectivity index (χ2n) is 7.42. The Labute approximate surface area is 191 Å². The fraction of sp³-hybridized carbons (Fsp3) is 0.333. The van der Waals surface area contributed by atoms with E-state index in [0.29, 0.717) is 11.6 Å². The molecule has 0 saturated carbocycles. The predicted molar refractivity (Wildman–Crippen MR) is 124 cm³/mol. The van der Waals surface area contributed by atoms with Gasteiger partial charge in [0, 0.05) is 17.3 Å². The molecular weight excluding hydrogens is 458 g/mol. The fourth-order valence-electron chi connectivity index (χ4n) is 3.05. The molecule has 3 rings (SSSR count). The highest BCUT2D eigenvalue weighted by Gasteiger charge is 2.38. The van der Waals surface area contributed by atoms with Crippen molar-refractivity contribution in [2.75, 3.05) is 17.6 Å². The average Bonchev–Trinajstić information content (AvgIpc) is 2.72. The van der Waals surface area contributed by atoms with E-state index < -0.39 is 26.5 Å². The molecule has 2 atom stereocenters. The van der Waals surface area contributed by atoms with Crippen LogP contribution in [0.3, 0.4) is 0 Å². The maximum atomic E-state index is 12.8. The highest BCUT2D eigenvalue weighted by Crippen LogP contribution is 2.23. The Morgan fingerprint density at radius 3 is 2.55 bits per heavy atom. The minimum atomic E-state index is -3.89. The average molecular weight is 482 g/mol. The first kappa shape index (κ1) is 23.6. The first-order chi connectivity index (χ1) is 14.7.